The first kappa shape index (κ1) is 18.3. The molecule has 0 aliphatic carbocycles. The van der Waals surface area contributed by atoms with Crippen molar-refractivity contribution >= 4 is 11.9 Å². The molecule has 2 aromatic heterocycles. The average Bonchev–Trinajstić information content (AvgIpc) is 2.67. The number of nitrogens with zero attached hydrogens (tertiary/aromatic N) is 5. The summed E-state index contributed by atoms with van der Waals surface area (Å²) in [6, 6.07) is 5.61. The van der Waals surface area contributed by atoms with Crippen molar-refractivity contribution < 1.29 is 9.90 Å². The summed E-state index contributed by atoms with van der Waals surface area (Å²) in [5.74, 6) is 0.645. The van der Waals surface area contributed by atoms with Gasteiger partial charge in [-0.2, -0.15) is 0 Å². The van der Waals surface area contributed by atoms with E-state index in [0.717, 1.165) is 18.5 Å². The highest BCUT2D eigenvalue weighted by Gasteiger charge is 2.36. The second-order valence-corrected chi connectivity index (χ2v) is 6.91. The molecule has 1 N–H and O–H groups in total. The molecule has 0 aromatic carbocycles. The molecule has 1 fully saturated rings. The van der Waals surface area contributed by atoms with Crippen molar-refractivity contribution in [2.24, 2.45) is 0 Å². The van der Waals surface area contributed by atoms with Crippen molar-refractivity contribution in [3.63, 3.8) is 0 Å². The highest BCUT2D eigenvalue weighted by atomic mass is 16.3. The van der Waals surface area contributed by atoms with Crippen LogP contribution in [0.5, 0.6) is 0 Å². The summed E-state index contributed by atoms with van der Waals surface area (Å²) in [5.41, 5.74) is 0.0916. The van der Waals surface area contributed by atoms with Crippen molar-refractivity contribution in [2.45, 2.75) is 31.3 Å². The minimum absolute atomic E-state index is 0.0235. The molecule has 7 heteroatoms. The maximum absolute atomic E-state index is 12.4. The Bertz CT molecular complexity index is 712. The predicted octanol–water partition coefficient (Wildman–Crippen LogP) is 1.29. The van der Waals surface area contributed by atoms with E-state index in [4.69, 9.17) is 0 Å². The number of hydrogen-bond donors (Lipinski definition) is 1. The second kappa shape index (κ2) is 8.23. The molecular weight excluding hydrogens is 330 g/mol. The smallest absolute Gasteiger partial charge is 0.225 e. The third-order valence-corrected chi connectivity index (χ3v) is 4.70. The quantitative estimate of drug-likeness (QED) is 0.841. The van der Waals surface area contributed by atoms with Gasteiger partial charge in [0.15, 0.2) is 0 Å². The number of likely N-dealkylation sites (N-methyl/N-ethyl adjacent to an activating group) is 1. The standard InChI is InChI=1S/C19H25N5O2/c1-23(17(25)7-6-16-5-2-9-20-13-16)14-19(26)8-3-12-24(15-19)18-21-10-4-11-22-18/h2,4-5,9-11,13,26H,3,6-8,12,14-15H2,1H3. The lowest BCUT2D eigenvalue weighted by Crippen LogP contribution is -2.55. The van der Waals surface area contributed by atoms with Gasteiger partial charge in [-0.3, -0.25) is 9.78 Å². The van der Waals surface area contributed by atoms with E-state index in [-0.39, 0.29) is 5.91 Å². The molecule has 138 valence electrons. The van der Waals surface area contributed by atoms with Gasteiger partial charge in [0.2, 0.25) is 11.9 Å². The summed E-state index contributed by atoms with van der Waals surface area (Å²) in [4.78, 5) is 28.6. The number of β-amino-alcohol motifs (C(OH)–C–C–N with tert-alkyl or cyclic N) is 1. The molecular formula is C19H25N5O2. The fraction of sp³-hybridized carbons (Fsp3) is 0.474. The molecule has 1 aliphatic heterocycles. The monoisotopic (exact) mass is 355 g/mol. The van der Waals surface area contributed by atoms with Crippen LogP contribution in [0.15, 0.2) is 43.0 Å². The van der Waals surface area contributed by atoms with Gasteiger partial charge in [0.05, 0.1) is 18.7 Å². The van der Waals surface area contributed by atoms with Crippen LogP contribution in [0, 0.1) is 0 Å². The van der Waals surface area contributed by atoms with Gasteiger partial charge in [0.1, 0.15) is 0 Å². The van der Waals surface area contributed by atoms with Gasteiger partial charge in [0.25, 0.3) is 0 Å². The third kappa shape index (κ3) is 4.76. The molecule has 0 saturated carbocycles. The molecule has 1 aliphatic rings. The summed E-state index contributed by atoms with van der Waals surface area (Å²) in [6.45, 7) is 1.55. The maximum Gasteiger partial charge on any atom is 0.225 e. The number of aryl methyl sites for hydroxylation is 1. The van der Waals surface area contributed by atoms with E-state index in [1.807, 2.05) is 17.0 Å². The van der Waals surface area contributed by atoms with Crippen LogP contribution in [0.2, 0.25) is 0 Å². The number of anilines is 1. The molecule has 1 amide bonds. The van der Waals surface area contributed by atoms with Gasteiger partial charge < -0.3 is 14.9 Å². The summed E-state index contributed by atoms with van der Waals surface area (Å²) in [7, 11) is 1.75. The molecule has 7 nitrogen and oxygen atoms in total. The number of aromatic nitrogens is 3. The van der Waals surface area contributed by atoms with Crippen LogP contribution < -0.4 is 4.90 Å². The van der Waals surface area contributed by atoms with Crippen molar-refractivity contribution in [1.82, 2.24) is 19.9 Å². The van der Waals surface area contributed by atoms with E-state index in [2.05, 4.69) is 15.0 Å². The number of carbonyl (C=O) groups is 1. The lowest BCUT2D eigenvalue weighted by molar-refractivity contribution is -0.133. The number of aliphatic hydroxyl groups is 1. The van der Waals surface area contributed by atoms with E-state index in [1.54, 1.807) is 42.8 Å². The van der Waals surface area contributed by atoms with Crippen LogP contribution in [0.25, 0.3) is 0 Å². The van der Waals surface area contributed by atoms with Crippen molar-refractivity contribution in [3.8, 4) is 0 Å². The summed E-state index contributed by atoms with van der Waals surface area (Å²) >= 11 is 0. The average molecular weight is 355 g/mol. The number of amides is 1. The van der Waals surface area contributed by atoms with Gasteiger partial charge in [-0.05, 0) is 37.0 Å². The first-order valence-corrected chi connectivity index (χ1v) is 8.93. The fourth-order valence-corrected chi connectivity index (χ4v) is 3.38. The number of carbonyl (C=O) groups excluding carboxylic acids is 1. The summed E-state index contributed by atoms with van der Waals surface area (Å²) < 4.78 is 0. The zero-order chi connectivity index (χ0) is 18.4. The van der Waals surface area contributed by atoms with Crippen molar-refractivity contribution in [2.75, 3.05) is 31.6 Å². The lowest BCUT2D eigenvalue weighted by atomic mass is 9.92. The number of hydrogen-bond acceptors (Lipinski definition) is 6. The molecule has 0 radical (unpaired) electrons. The summed E-state index contributed by atoms with van der Waals surface area (Å²) in [5, 5.41) is 11.0. The number of piperidine rings is 1. The number of rotatable bonds is 6. The SMILES string of the molecule is CN(CC1(O)CCCN(c2ncccn2)C1)C(=O)CCc1cccnc1. The Morgan fingerprint density at radius 1 is 1.31 bits per heavy atom. The Morgan fingerprint density at radius 2 is 2.12 bits per heavy atom. The normalized spacial score (nSPS) is 20.0. The van der Waals surface area contributed by atoms with E-state index >= 15 is 0 Å². The van der Waals surface area contributed by atoms with Crippen LogP contribution in [0.4, 0.5) is 5.95 Å². The lowest BCUT2D eigenvalue weighted by Gasteiger charge is -2.41. The maximum atomic E-state index is 12.4. The highest BCUT2D eigenvalue weighted by Crippen LogP contribution is 2.24. The van der Waals surface area contributed by atoms with Gasteiger partial charge in [0, 0.05) is 44.8 Å². The Balaban J connectivity index is 1.55. The van der Waals surface area contributed by atoms with Crippen LogP contribution in [0.3, 0.4) is 0 Å². The first-order valence-electron chi connectivity index (χ1n) is 8.93. The topological polar surface area (TPSA) is 82.5 Å². The van der Waals surface area contributed by atoms with Crippen LogP contribution in [-0.4, -0.2) is 63.1 Å². The zero-order valence-electron chi connectivity index (χ0n) is 15.1. The molecule has 0 bridgehead atoms. The molecule has 0 spiro atoms. The molecule has 1 atom stereocenters. The third-order valence-electron chi connectivity index (χ3n) is 4.70. The van der Waals surface area contributed by atoms with E-state index in [0.29, 0.717) is 38.3 Å². The number of pyridine rings is 1. The Morgan fingerprint density at radius 3 is 2.85 bits per heavy atom. The zero-order valence-corrected chi connectivity index (χ0v) is 15.1. The van der Waals surface area contributed by atoms with Crippen molar-refractivity contribution in [3.05, 3.63) is 48.5 Å². The first-order chi connectivity index (χ1) is 12.6. The molecule has 1 saturated heterocycles. The second-order valence-electron chi connectivity index (χ2n) is 6.91. The van der Waals surface area contributed by atoms with Gasteiger partial charge in [-0.1, -0.05) is 6.07 Å². The molecule has 2 aromatic rings. The Hall–Kier alpha value is -2.54. The Kier molecular flexibility index (Phi) is 5.78. The minimum Gasteiger partial charge on any atom is -0.386 e. The van der Waals surface area contributed by atoms with E-state index in [1.165, 1.54) is 0 Å². The highest BCUT2D eigenvalue weighted by molar-refractivity contribution is 5.76. The Labute approximate surface area is 153 Å². The molecule has 3 heterocycles. The summed E-state index contributed by atoms with van der Waals surface area (Å²) in [6.07, 6.45) is 9.46. The van der Waals surface area contributed by atoms with E-state index < -0.39 is 5.60 Å². The van der Waals surface area contributed by atoms with Gasteiger partial charge in [-0.25, -0.2) is 9.97 Å². The van der Waals surface area contributed by atoms with Gasteiger partial charge in [-0.15, -0.1) is 0 Å². The van der Waals surface area contributed by atoms with Gasteiger partial charge >= 0.3 is 0 Å². The van der Waals surface area contributed by atoms with Crippen LogP contribution in [0.1, 0.15) is 24.8 Å². The van der Waals surface area contributed by atoms with Crippen LogP contribution in [-0.2, 0) is 11.2 Å². The molecule has 3 rings (SSSR count). The predicted molar refractivity (Wildman–Crippen MR) is 98.6 cm³/mol. The van der Waals surface area contributed by atoms with Crippen molar-refractivity contribution in [1.29, 1.82) is 0 Å². The largest absolute Gasteiger partial charge is 0.386 e. The molecule has 26 heavy (non-hydrogen) atoms. The minimum atomic E-state index is -0.948. The van der Waals surface area contributed by atoms with Crippen LogP contribution >= 0.6 is 0 Å². The fourth-order valence-electron chi connectivity index (χ4n) is 3.38. The van der Waals surface area contributed by atoms with E-state index in [9.17, 15) is 9.90 Å². The molecule has 1 unspecified atom stereocenters.